The van der Waals surface area contributed by atoms with Gasteiger partial charge in [0.25, 0.3) is 0 Å². The van der Waals surface area contributed by atoms with Gasteiger partial charge < -0.3 is 10.2 Å². The second-order valence-corrected chi connectivity index (χ2v) is 7.11. The van der Waals surface area contributed by atoms with Gasteiger partial charge >= 0.3 is 0 Å². The largest absolute Gasteiger partial charge is 0.356 e. The van der Waals surface area contributed by atoms with E-state index >= 15 is 0 Å². The normalized spacial score (nSPS) is 16.3. The molecule has 5 heteroatoms. The van der Waals surface area contributed by atoms with Crippen LogP contribution in [-0.2, 0) is 4.79 Å². The van der Waals surface area contributed by atoms with Crippen LogP contribution in [0.4, 0.5) is 0 Å². The van der Waals surface area contributed by atoms with E-state index in [1.807, 2.05) is 0 Å². The maximum absolute atomic E-state index is 12.0. The molecular weight excluding hydrogens is 302 g/mol. The highest BCUT2D eigenvalue weighted by Gasteiger charge is 2.20. The van der Waals surface area contributed by atoms with Gasteiger partial charge in [-0.15, -0.1) is 0 Å². The summed E-state index contributed by atoms with van der Waals surface area (Å²) in [4.78, 5) is 30.3. The summed E-state index contributed by atoms with van der Waals surface area (Å²) in [6.45, 7) is 8.64. The maximum Gasteiger partial charge on any atom is 0.220 e. The van der Waals surface area contributed by atoms with Gasteiger partial charge in [-0.25, -0.2) is 0 Å². The number of aromatic nitrogens is 1. The summed E-state index contributed by atoms with van der Waals surface area (Å²) in [5.74, 6) is 1.21. The summed E-state index contributed by atoms with van der Waals surface area (Å²) < 4.78 is 0. The number of hydrogen-bond donors (Lipinski definition) is 1. The second kappa shape index (κ2) is 9.52. The van der Waals surface area contributed by atoms with Crippen molar-refractivity contribution in [2.24, 2.45) is 11.8 Å². The fourth-order valence-corrected chi connectivity index (χ4v) is 3.14. The van der Waals surface area contributed by atoms with Crippen LogP contribution in [0.1, 0.15) is 49.9 Å². The van der Waals surface area contributed by atoms with Crippen LogP contribution in [0, 0.1) is 11.8 Å². The molecule has 0 atom stereocenters. The molecule has 0 bridgehead atoms. The van der Waals surface area contributed by atoms with Crippen molar-refractivity contribution in [2.45, 2.75) is 39.5 Å². The zero-order valence-electron chi connectivity index (χ0n) is 14.8. The highest BCUT2D eigenvalue weighted by molar-refractivity contribution is 5.97. The van der Waals surface area contributed by atoms with Crippen molar-refractivity contribution >= 4 is 11.7 Å². The molecule has 1 fully saturated rings. The van der Waals surface area contributed by atoms with Gasteiger partial charge in [0.15, 0.2) is 5.78 Å². The number of nitrogens with one attached hydrogen (secondary N) is 1. The number of amides is 1. The van der Waals surface area contributed by atoms with Gasteiger partial charge in [-0.3, -0.25) is 14.6 Å². The van der Waals surface area contributed by atoms with Crippen molar-refractivity contribution in [1.29, 1.82) is 0 Å². The van der Waals surface area contributed by atoms with Gasteiger partial charge in [-0.1, -0.05) is 13.8 Å². The molecule has 1 N–H and O–H groups in total. The van der Waals surface area contributed by atoms with E-state index < -0.39 is 0 Å². The first-order valence-corrected chi connectivity index (χ1v) is 8.97. The molecule has 24 heavy (non-hydrogen) atoms. The quantitative estimate of drug-likeness (QED) is 0.744. The lowest BCUT2D eigenvalue weighted by molar-refractivity contribution is -0.121. The Bertz CT molecular complexity index is 523. The first-order valence-electron chi connectivity index (χ1n) is 8.97. The van der Waals surface area contributed by atoms with Gasteiger partial charge in [0.05, 0.1) is 0 Å². The number of nitrogens with zero attached hydrogens (tertiary/aromatic N) is 2. The second-order valence-electron chi connectivity index (χ2n) is 7.11. The maximum atomic E-state index is 12.0. The van der Waals surface area contributed by atoms with Gasteiger partial charge in [0.1, 0.15) is 0 Å². The molecule has 0 radical (unpaired) electrons. The minimum atomic E-state index is -0.0307. The number of ketones is 1. The van der Waals surface area contributed by atoms with Gasteiger partial charge in [-0.05, 0) is 49.9 Å². The van der Waals surface area contributed by atoms with Crippen molar-refractivity contribution in [3.63, 3.8) is 0 Å². The highest BCUT2D eigenvalue weighted by Crippen LogP contribution is 2.17. The predicted octanol–water partition coefficient (Wildman–Crippen LogP) is 2.53. The molecule has 1 aromatic heterocycles. The molecule has 1 amide bonds. The third-order valence-electron chi connectivity index (χ3n) is 4.48. The smallest absolute Gasteiger partial charge is 0.220 e. The lowest BCUT2D eigenvalue weighted by atomic mass is 9.96. The Hall–Kier alpha value is -1.75. The van der Waals surface area contributed by atoms with Gasteiger partial charge in [0.2, 0.25) is 5.91 Å². The average molecular weight is 331 g/mol. The summed E-state index contributed by atoms with van der Waals surface area (Å²) in [7, 11) is 0. The predicted molar refractivity (Wildman–Crippen MR) is 94.8 cm³/mol. The van der Waals surface area contributed by atoms with Gasteiger partial charge in [0, 0.05) is 43.9 Å². The number of pyridine rings is 1. The molecule has 1 aromatic rings. The summed E-state index contributed by atoms with van der Waals surface area (Å²) in [6.07, 6.45) is 5.95. The summed E-state index contributed by atoms with van der Waals surface area (Å²) in [5, 5.41) is 2.99. The Labute approximate surface area is 144 Å². The number of Topliss-reactive ketones (excluding diaryl/α,β-unsaturated/α-hetero) is 1. The van der Waals surface area contributed by atoms with E-state index in [9.17, 15) is 9.59 Å². The van der Waals surface area contributed by atoms with Crippen LogP contribution in [0.5, 0.6) is 0 Å². The van der Waals surface area contributed by atoms with Crippen LogP contribution in [-0.4, -0.2) is 47.8 Å². The van der Waals surface area contributed by atoms with Crippen molar-refractivity contribution in [2.75, 3.05) is 26.2 Å². The van der Waals surface area contributed by atoms with E-state index in [2.05, 4.69) is 29.0 Å². The Kier molecular flexibility index (Phi) is 7.37. The summed E-state index contributed by atoms with van der Waals surface area (Å²) in [6, 6.07) is 3.47. The van der Waals surface area contributed by atoms with Crippen LogP contribution in [0.2, 0.25) is 0 Å². The molecule has 0 aromatic carbocycles. The molecule has 0 aliphatic carbocycles. The number of likely N-dealkylation sites (tertiary alicyclic amines) is 1. The lowest BCUT2D eigenvalue weighted by Crippen LogP contribution is -2.40. The number of carbonyl (C=O) groups excluding carboxylic acids is 2. The van der Waals surface area contributed by atoms with E-state index in [0.29, 0.717) is 17.4 Å². The van der Waals surface area contributed by atoms with E-state index in [1.54, 1.807) is 24.5 Å². The van der Waals surface area contributed by atoms with E-state index in [1.165, 1.54) is 0 Å². The number of hydrogen-bond acceptors (Lipinski definition) is 4. The van der Waals surface area contributed by atoms with Crippen LogP contribution in [0.3, 0.4) is 0 Å². The van der Waals surface area contributed by atoms with Crippen molar-refractivity contribution in [1.82, 2.24) is 15.2 Å². The lowest BCUT2D eigenvalue weighted by Gasteiger charge is -2.33. The average Bonchev–Trinajstić information content (AvgIpc) is 2.59. The van der Waals surface area contributed by atoms with Crippen molar-refractivity contribution in [3.8, 4) is 0 Å². The summed E-state index contributed by atoms with van der Waals surface area (Å²) >= 11 is 0. The molecule has 0 spiro atoms. The Balaban J connectivity index is 1.61. The third kappa shape index (κ3) is 6.40. The fraction of sp³-hybridized carbons (Fsp3) is 0.632. The first kappa shape index (κ1) is 18.6. The molecule has 132 valence electrons. The van der Waals surface area contributed by atoms with Crippen LogP contribution in [0.25, 0.3) is 0 Å². The molecule has 1 aliphatic rings. The fourth-order valence-electron chi connectivity index (χ4n) is 3.14. The van der Waals surface area contributed by atoms with E-state index in [4.69, 9.17) is 0 Å². The molecule has 2 heterocycles. The standard InChI is InChI=1S/C19H29N3O2/c1-15(2)14-22-10-7-16(8-11-22)12-21-19(24)6-5-18(23)17-4-3-9-20-13-17/h3-4,9,13,15-16H,5-8,10-12,14H2,1-2H3,(H,21,24). The topological polar surface area (TPSA) is 62.3 Å². The Morgan fingerprint density at radius 3 is 2.67 bits per heavy atom. The van der Waals surface area contributed by atoms with E-state index in [-0.39, 0.29) is 24.5 Å². The zero-order valence-corrected chi connectivity index (χ0v) is 14.8. The monoisotopic (exact) mass is 331 g/mol. The number of carbonyl (C=O) groups is 2. The highest BCUT2D eigenvalue weighted by atomic mass is 16.2. The number of rotatable bonds is 8. The molecule has 1 saturated heterocycles. The van der Waals surface area contributed by atoms with Gasteiger partial charge in [-0.2, -0.15) is 0 Å². The Morgan fingerprint density at radius 2 is 2.04 bits per heavy atom. The number of piperidine rings is 1. The molecule has 1 aliphatic heterocycles. The summed E-state index contributed by atoms with van der Waals surface area (Å²) in [5.41, 5.74) is 0.572. The molecule has 5 nitrogen and oxygen atoms in total. The van der Waals surface area contributed by atoms with Crippen molar-refractivity contribution < 1.29 is 9.59 Å². The van der Waals surface area contributed by atoms with Crippen LogP contribution >= 0.6 is 0 Å². The molecule has 2 rings (SSSR count). The SMILES string of the molecule is CC(C)CN1CCC(CNC(=O)CCC(=O)c2cccnc2)CC1. The third-order valence-corrected chi connectivity index (χ3v) is 4.48. The van der Waals surface area contributed by atoms with Crippen molar-refractivity contribution in [3.05, 3.63) is 30.1 Å². The molecule has 0 saturated carbocycles. The molecule has 0 unspecified atom stereocenters. The van der Waals surface area contributed by atoms with Crippen LogP contribution < -0.4 is 5.32 Å². The minimum Gasteiger partial charge on any atom is -0.356 e. The zero-order chi connectivity index (χ0) is 17.4. The van der Waals surface area contributed by atoms with E-state index in [0.717, 1.165) is 39.0 Å². The van der Waals surface area contributed by atoms with Crippen LogP contribution in [0.15, 0.2) is 24.5 Å². The molecular formula is C19H29N3O2. The Morgan fingerprint density at radius 1 is 1.29 bits per heavy atom. The first-order chi connectivity index (χ1) is 11.5. The minimum absolute atomic E-state index is 0.0276.